The van der Waals surface area contributed by atoms with E-state index in [4.69, 9.17) is 5.73 Å². The van der Waals surface area contributed by atoms with Gasteiger partial charge in [0, 0.05) is 11.9 Å². The van der Waals surface area contributed by atoms with Gasteiger partial charge in [-0.3, -0.25) is 0 Å². The van der Waals surface area contributed by atoms with Crippen molar-refractivity contribution in [2.24, 2.45) is 0 Å². The first-order valence-corrected chi connectivity index (χ1v) is 7.39. The molecule has 0 aliphatic rings. The molecule has 0 heterocycles. The van der Waals surface area contributed by atoms with Crippen molar-refractivity contribution in [3.8, 4) is 0 Å². The summed E-state index contributed by atoms with van der Waals surface area (Å²) in [5.41, 5.74) is 6.56. The summed E-state index contributed by atoms with van der Waals surface area (Å²) in [7, 11) is -3.27. The minimum Gasteiger partial charge on any atom is -0.399 e. The van der Waals surface area contributed by atoms with Crippen molar-refractivity contribution in [2.45, 2.75) is 9.36 Å². The first-order valence-electron chi connectivity index (χ1n) is 4.19. The van der Waals surface area contributed by atoms with Gasteiger partial charge in [0.25, 0.3) is 0 Å². The Labute approximate surface area is 103 Å². The van der Waals surface area contributed by atoms with Gasteiger partial charge in [0.15, 0.2) is 9.84 Å². The van der Waals surface area contributed by atoms with Gasteiger partial charge in [-0.1, -0.05) is 34.7 Å². The van der Waals surface area contributed by atoms with E-state index >= 15 is 0 Å². The van der Waals surface area contributed by atoms with Crippen LogP contribution in [0.4, 0.5) is 5.69 Å². The fourth-order valence-electron chi connectivity index (χ4n) is 1.13. The molecule has 0 aliphatic heterocycles. The van der Waals surface area contributed by atoms with E-state index in [2.05, 4.69) is 0 Å². The number of alkyl halides is 1. The van der Waals surface area contributed by atoms with Crippen LogP contribution in [-0.2, 0) is 9.84 Å². The fraction of sp³-hybridized carbons (Fsp3) is 0.333. The Bertz CT molecular complexity index is 446. The summed E-state index contributed by atoms with van der Waals surface area (Å²) in [6.07, 6.45) is 0.0451. The highest BCUT2D eigenvalue weighted by atomic mass is 127. The molecule has 6 heteroatoms. The molecule has 0 unspecified atom stereocenters. The Kier molecular flexibility index (Phi) is 3.96. The van der Waals surface area contributed by atoms with Crippen LogP contribution in [-0.4, -0.2) is 23.0 Å². The molecule has 0 radical (unpaired) electrons. The summed E-state index contributed by atoms with van der Waals surface area (Å²) in [5, 5.41) is 9.81. The van der Waals surface area contributed by atoms with E-state index in [1.54, 1.807) is 46.9 Å². The summed E-state index contributed by atoms with van der Waals surface area (Å²) in [6, 6.07) is 6.58. The van der Waals surface area contributed by atoms with Gasteiger partial charge in [-0.25, -0.2) is 8.42 Å². The summed E-state index contributed by atoms with van der Waals surface area (Å²) in [4.78, 5) is 0. The molecule has 1 aromatic carbocycles. The van der Waals surface area contributed by atoms with Crippen molar-refractivity contribution in [2.75, 3.05) is 12.0 Å². The Morgan fingerprint density at radius 2 is 2.07 bits per heavy atom. The van der Waals surface area contributed by atoms with Crippen LogP contribution in [0.2, 0.25) is 0 Å². The van der Waals surface area contributed by atoms with E-state index in [-0.39, 0.29) is 0 Å². The van der Waals surface area contributed by atoms with E-state index in [9.17, 15) is 13.5 Å². The molecular formula is C9H12INO3S. The van der Waals surface area contributed by atoms with E-state index in [1.165, 1.54) is 0 Å². The highest BCUT2D eigenvalue weighted by Gasteiger charge is 2.27. The number of anilines is 1. The number of aliphatic hydroxyl groups is 1. The van der Waals surface area contributed by atoms with Crippen molar-refractivity contribution in [3.63, 3.8) is 0 Å². The van der Waals surface area contributed by atoms with E-state index in [0.717, 1.165) is 6.26 Å². The topological polar surface area (TPSA) is 80.4 Å². The van der Waals surface area contributed by atoms with Crippen LogP contribution >= 0.6 is 22.6 Å². The van der Waals surface area contributed by atoms with Crippen molar-refractivity contribution in [1.29, 1.82) is 0 Å². The quantitative estimate of drug-likeness (QED) is 0.490. The van der Waals surface area contributed by atoms with Crippen LogP contribution in [0, 0.1) is 0 Å². The van der Waals surface area contributed by atoms with E-state index < -0.39 is 19.2 Å². The molecule has 0 saturated carbocycles. The Morgan fingerprint density at radius 3 is 2.53 bits per heavy atom. The maximum Gasteiger partial charge on any atom is 0.162 e. The first-order chi connectivity index (χ1) is 6.82. The van der Waals surface area contributed by atoms with Gasteiger partial charge < -0.3 is 10.8 Å². The molecule has 3 N–H and O–H groups in total. The van der Waals surface area contributed by atoms with Gasteiger partial charge in [0.05, 0.1) is 0 Å². The maximum atomic E-state index is 11.2. The number of hydrogen-bond acceptors (Lipinski definition) is 4. The third kappa shape index (κ3) is 3.32. The zero-order valence-corrected chi connectivity index (χ0v) is 11.1. The fourth-order valence-corrected chi connectivity index (χ4v) is 2.17. The summed E-state index contributed by atoms with van der Waals surface area (Å²) in [5.74, 6) is 0. The minimum atomic E-state index is -3.27. The number of rotatable bonds is 3. The van der Waals surface area contributed by atoms with Crippen molar-refractivity contribution in [1.82, 2.24) is 0 Å². The van der Waals surface area contributed by atoms with E-state index in [1.807, 2.05) is 0 Å². The van der Waals surface area contributed by atoms with Gasteiger partial charge >= 0.3 is 0 Å². The van der Waals surface area contributed by atoms with Gasteiger partial charge in [-0.05, 0) is 17.7 Å². The first kappa shape index (κ1) is 12.7. The van der Waals surface area contributed by atoms with Gasteiger partial charge in [-0.15, -0.1) is 0 Å². The smallest absolute Gasteiger partial charge is 0.162 e. The molecule has 0 spiro atoms. The van der Waals surface area contributed by atoms with Gasteiger partial charge in [-0.2, -0.15) is 0 Å². The predicted octanol–water partition coefficient (Wildman–Crippen LogP) is 1.11. The maximum absolute atomic E-state index is 11.2. The number of halogens is 1. The lowest BCUT2D eigenvalue weighted by Crippen LogP contribution is -2.21. The van der Waals surface area contributed by atoms with E-state index in [0.29, 0.717) is 11.3 Å². The Hall–Kier alpha value is -0.340. The zero-order chi connectivity index (χ0) is 11.6. The number of nitrogens with two attached hydrogens (primary N) is 1. The van der Waals surface area contributed by atoms with Crippen LogP contribution in [0.1, 0.15) is 11.7 Å². The predicted molar refractivity (Wildman–Crippen MR) is 68.5 cm³/mol. The SMILES string of the molecule is CS(=O)(=O)[C@H](I)[C@H](O)c1cccc(N)c1. The lowest BCUT2D eigenvalue weighted by atomic mass is 10.1. The molecule has 0 saturated heterocycles. The van der Waals surface area contributed by atoms with Crippen LogP contribution in [0.5, 0.6) is 0 Å². The second-order valence-corrected chi connectivity index (χ2v) is 7.65. The number of sulfone groups is 1. The van der Waals surface area contributed by atoms with Crippen LogP contribution < -0.4 is 5.73 Å². The second kappa shape index (κ2) is 4.67. The van der Waals surface area contributed by atoms with Gasteiger partial charge in [0.1, 0.15) is 9.36 Å². The number of hydrogen-bond donors (Lipinski definition) is 2. The Balaban J connectivity index is 3.00. The van der Waals surface area contributed by atoms with Crippen LogP contribution in [0.3, 0.4) is 0 Å². The number of benzene rings is 1. The van der Waals surface area contributed by atoms with Gasteiger partial charge in [0.2, 0.25) is 0 Å². The summed E-state index contributed by atoms with van der Waals surface area (Å²) >= 11 is 1.71. The second-order valence-electron chi connectivity index (χ2n) is 3.30. The molecule has 0 fully saturated rings. The highest BCUT2D eigenvalue weighted by molar-refractivity contribution is 14.1. The normalized spacial score (nSPS) is 15.9. The van der Waals surface area contributed by atoms with Crippen molar-refractivity contribution < 1.29 is 13.5 Å². The van der Waals surface area contributed by atoms with Crippen molar-refractivity contribution in [3.05, 3.63) is 29.8 Å². The van der Waals surface area contributed by atoms with Crippen molar-refractivity contribution >= 4 is 38.1 Å². The van der Waals surface area contributed by atoms with Crippen LogP contribution in [0.25, 0.3) is 0 Å². The molecular weight excluding hydrogens is 329 g/mol. The molecule has 2 atom stereocenters. The number of aliphatic hydroxyl groups excluding tert-OH is 1. The molecule has 0 amide bonds. The molecule has 0 aliphatic carbocycles. The molecule has 0 bridgehead atoms. The minimum absolute atomic E-state index is 0.503. The largest absolute Gasteiger partial charge is 0.399 e. The Morgan fingerprint density at radius 1 is 1.47 bits per heavy atom. The molecule has 15 heavy (non-hydrogen) atoms. The summed E-state index contributed by atoms with van der Waals surface area (Å²) in [6.45, 7) is 0. The lowest BCUT2D eigenvalue weighted by Gasteiger charge is -2.16. The molecule has 1 aromatic rings. The molecule has 4 nitrogen and oxygen atoms in total. The molecule has 0 aromatic heterocycles. The average Bonchev–Trinajstić information content (AvgIpc) is 2.14. The monoisotopic (exact) mass is 341 g/mol. The van der Waals surface area contributed by atoms with Crippen LogP contribution in [0.15, 0.2) is 24.3 Å². The average molecular weight is 341 g/mol. The third-order valence-corrected chi connectivity index (χ3v) is 6.44. The number of nitrogen functional groups attached to an aromatic ring is 1. The summed E-state index contributed by atoms with van der Waals surface area (Å²) < 4.78 is 21.6. The lowest BCUT2D eigenvalue weighted by molar-refractivity contribution is 0.197. The molecule has 84 valence electrons. The standard InChI is InChI=1S/C9H12INO3S/c1-15(13,14)9(10)8(12)6-3-2-4-7(11)5-6/h2-5,8-9,12H,11H2,1H3/t8-,9+/m1/s1. The molecule has 1 rings (SSSR count). The zero-order valence-electron chi connectivity index (χ0n) is 8.09. The third-order valence-electron chi connectivity index (χ3n) is 1.91. The highest BCUT2D eigenvalue weighted by Crippen LogP contribution is 2.27.